The van der Waals surface area contributed by atoms with E-state index in [2.05, 4.69) is 81.4 Å². The van der Waals surface area contributed by atoms with Gasteiger partial charge in [0.25, 0.3) is 8.32 Å². The summed E-state index contributed by atoms with van der Waals surface area (Å²) in [5.74, 6) is -0.200. The van der Waals surface area contributed by atoms with E-state index >= 15 is 0 Å². The summed E-state index contributed by atoms with van der Waals surface area (Å²) < 4.78 is 18.0. The van der Waals surface area contributed by atoms with Crippen LogP contribution in [0, 0.1) is 0 Å². The van der Waals surface area contributed by atoms with E-state index in [1.807, 2.05) is 0 Å². The van der Waals surface area contributed by atoms with Crippen LogP contribution in [-0.2, 0) is 18.7 Å². The molecule has 0 unspecified atom stereocenters. The molecular weight excluding hydrogens is 404 g/mol. The second kappa shape index (κ2) is 10.6. The molecule has 0 aliphatic carbocycles. The minimum atomic E-state index is -2.51. The average Bonchev–Trinajstić information content (AvgIpc) is 2.77. The number of ether oxygens (including phenoxy) is 2. The highest BCUT2D eigenvalue weighted by Gasteiger charge is 2.50. The first-order valence-corrected chi connectivity index (χ1v) is 13.2. The summed E-state index contributed by atoms with van der Waals surface area (Å²) in [6.45, 7) is 7.52. The molecule has 0 radical (unpaired) electrons. The molecule has 4 nitrogen and oxygen atoms in total. The monoisotopic (exact) mass is 440 g/mol. The summed E-state index contributed by atoms with van der Waals surface area (Å²) in [5, 5.41) is 2.56. The minimum absolute atomic E-state index is 0.0312. The van der Waals surface area contributed by atoms with Crippen LogP contribution in [0.15, 0.2) is 60.7 Å². The first-order chi connectivity index (χ1) is 14.9. The Hall–Kier alpha value is -1.95. The number of esters is 1. The SMILES string of the molecule is COC(=O)C[C@H]1CCC[C@@H](CCO[Si](c2ccccc2)(c2ccccc2)C(C)(C)C)O1. The topological polar surface area (TPSA) is 44.8 Å². The zero-order valence-corrected chi connectivity index (χ0v) is 20.3. The number of methoxy groups -OCH3 is 1. The van der Waals surface area contributed by atoms with Gasteiger partial charge in [0, 0.05) is 6.61 Å². The fourth-order valence-electron chi connectivity index (χ4n) is 4.72. The maximum absolute atomic E-state index is 11.6. The van der Waals surface area contributed by atoms with E-state index in [0.29, 0.717) is 13.0 Å². The highest BCUT2D eigenvalue weighted by molar-refractivity contribution is 6.99. The normalized spacial score (nSPS) is 19.7. The van der Waals surface area contributed by atoms with E-state index in [1.54, 1.807) is 0 Å². The Kier molecular flexibility index (Phi) is 8.09. The third-order valence-corrected chi connectivity index (χ3v) is 11.3. The molecule has 31 heavy (non-hydrogen) atoms. The molecular formula is C26H36O4Si. The van der Waals surface area contributed by atoms with Crippen molar-refractivity contribution in [2.75, 3.05) is 13.7 Å². The molecule has 1 saturated heterocycles. The zero-order chi connectivity index (χ0) is 22.3. The Morgan fingerprint density at radius 2 is 1.52 bits per heavy atom. The summed E-state index contributed by atoms with van der Waals surface area (Å²) in [6.07, 6.45) is 4.26. The second-order valence-electron chi connectivity index (χ2n) is 9.39. The number of carbonyl (C=O) groups is 1. The Bertz CT molecular complexity index is 777. The smallest absolute Gasteiger partial charge is 0.308 e. The van der Waals surface area contributed by atoms with Crippen LogP contribution in [0.2, 0.25) is 5.04 Å². The van der Waals surface area contributed by atoms with Crippen LogP contribution in [0.5, 0.6) is 0 Å². The van der Waals surface area contributed by atoms with Crippen LogP contribution in [0.4, 0.5) is 0 Å². The van der Waals surface area contributed by atoms with Crippen LogP contribution in [0.1, 0.15) is 52.9 Å². The maximum atomic E-state index is 11.6. The Balaban J connectivity index is 1.78. The van der Waals surface area contributed by atoms with E-state index < -0.39 is 8.32 Å². The molecule has 5 heteroatoms. The van der Waals surface area contributed by atoms with Gasteiger partial charge in [-0.15, -0.1) is 0 Å². The lowest BCUT2D eigenvalue weighted by Crippen LogP contribution is -2.66. The Morgan fingerprint density at radius 3 is 2.03 bits per heavy atom. The van der Waals surface area contributed by atoms with Crippen molar-refractivity contribution in [1.29, 1.82) is 0 Å². The molecule has 0 saturated carbocycles. The molecule has 0 bridgehead atoms. The molecule has 2 aromatic carbocycles. The van der Waals surface area contributed by atoms with Crippen molar-refractivity contribution in [3.8, 4) is 0 Å². The molecule has 168 valence electrons. The van der Waals surface area contributed by atoms with Gasteiger partial charge in [0.2, 0.25) is 0 Å². The molecule has 1 heterocycles. The fourth-order valence-corrected chi connectivity index (χ4v) is 9.30. The fraction of sp³-hybridized carbons (Fsp3) is 0.500. The molecule has 1 aliphatic rings. The summed E-state index contributed by atoms with van der Waals surface area (Å²) >= 11 is 0. The van der Waals surface area contributed by atoms with Crippen LogP contribution in [0.25, 0.3) is 0 Å². The van der Waals surface area contributed by atoms with Crippen molar-refractivity contribution in [1.82, 2.24) is 0 Å². The number of hydrogen-bond acceptors (Lipinski definition) is 4. The zero-order valence-electron chi connectivity index (χ0n) is 19.3. The summed E-state index contributed by atoms with van der Waals surface area (Å²) in [6, 6.07) is 21.4. The van der Waals surface area contributed by atoms with Crippen molar-refractivity contribution in [3.05, 3.63) is 60.7 Å². The minimum Gasteiger partial charge on any atom is -0.469 e. The van der Waals surface area contributed by atoms with Crippen LogP contribution in [-0.4, -0.2) is 40.2 Å². The van der Waals surface area contributed by atoms with Gasteiger partial charge >= 0.3 is 5.97 Å². The van der Waals surface area contributed by atoms with E-state index in [0.717, 1.165) is 25.7 Å². The molecule has 1 fully saturated rings. The van der Waals surface area contributed by atoms with Crippen molar-refractivity contribution in [3.63, 3.8) is 0 Å². The van der Waals surface area contributed by atoms with Gasteiger partial charge in [0.15, 0.2) is 0 Å². The number of carbonyl (C=O) groups excluding carboxylic acids is 1. The Morgan fingerprint density at radius 1 is 0.968 bits per heavy atom. The van der Waals surface area contributed by atoms with Gasteiger partial charge in [0.1, 0.15) is 0 Å². The van der Waals surface area contributed by atoms with Crippen LogP contribution in [0.3, 0.4) is 0 Å². The predicted molar refractivity (Wildman–Crippen MR) is 127 cm³/mol. The quantitative estimate of drug-likeness (QED) is 0.449. The van der Waals surface area contributed by atoms with E-state index in [-0.39, 0.29) is 23.2 Å². The summed E-state index contributed by atoms with van der Waals surface area (Å²) in [5.41, 5.74) is 0. The standard InChI is InChI=1S/C26H36O4Si/c1-26(2,3)31(23-14-7-5-8-15-23,24-16-9-6-10-17-24)29-19-18-21-12-11-13-22(30-21)20-25(27)28-4/h5-10,14-17,21-22H,11-13,18-20H2,1-4H3/t21-,22+/m0/s1. The maximum Gasteiger partial charge on any atom is 0.308 e. The molecule has 3 rings (SSSR count). The highest BCUT2D eigenvalue weighted by atomic mass is 28.4. The molecule has 0 N–H and O–H groups in total. The van der Waals surface area contributed by atoms with E-state index in [1.165, 1.54) is 17.5 Å². The van der Waals surface area contributed by atoms with Gasteiger partial charge in [0.05, 0.1) is 25.7 Å². The van der Waals surface area contributed by atoms with Gasteiger partial charge in [-0.1, -0.05) is 81.4 Å². The first kappa shape index (κ1) is 23.7. The molecule has 1 aliphatic heterocycles. The lowest BCUT2D eigenvalue weighted by Gasteiger charge is -2.43. The van der Waals surface area contributed by atoms with Crippen molar-refractivity contribution in [2.45, 2.75) is 70.1 Å². The molecule has 2 aromatic rings. The number of rotatable bonds is 8. The molecule has 2 atom stereocenters. The summed E-state index contributed by atoms with van der Waals surface area (Å²) in [7, 11) is -1.08. The molecule has 0 spiro atoms. The number of benzene rings is 2. The second-order valence-corrected chi connectivity index (χ2v) is 13.7. The molecule has 0 aromatic heterocycles. The van der Waals surface area contributed by atoms with Crippen molar-refractivity contribution >= 4 is 24.7 Å². The van der Waals surface area contributed by atoms with Crippen molar-refractivity contribution < 1.29 is 18.7 Å². The predicted octanol–water partition coefficient (Wildman–Crippen LogP) is 4.45. The van der Waals surface area contributed by atoms with Crippen LogP contribution < -0.4 is 10.4 Å². The van der Waals surface area contributed by atoms with Crippen LogP contribution >= 0.6 is 0 Å². The summed E-state index contributed by atoms with van der Waals surface area (Å²) in [4.78, 5) is 11.6. The van der Waals surface area contributed by atoms with Crippen molar-refractivity contribution in [2.24, 2.45) is 0 Å². The van der Waals surface area contributed by atoms with Gasteiger partial charge in [-0.25, -0.2) is 0 Å². The highest BCUT2D eigenvalue weighted by Crippen LogP contribution is 2.37. The van der Waals surface area contributed by atoms with Gasteiger partial charge in [-0.3, -0.25) is 4.79 Å². The third-order valence-electron chi connectivity index (χ3n) is 6.23. The third kappa shape index (κ3) is 5.65. The lowest BCUT2D eigenvalue weighted by molar-refractivity contribution is -0.147. The lowest BCUT2D eigenvalue weighted by atomic mass is 10.0. The average molecular weight is 441 g/mol. The van der Waals surface area contributed by atoms with E-state index in [9.17, 15) is 4.79 Å². The van der Waals surface area contributed by atoms with E-state index in [4.69, 9.17) is 13.9 Å². The largest absolute Gasteiger partial charge is 0.469 e. The van der Waals surface area contributed by atoms with Gasteiger partial charge in [-0.2, -0.15) is 0 Å². The Labute approximate surface area is 188 Å². The number of hydrogen-bond donors (Lipinski definition) is 0. The van der Waals surface area contributed by atoms with Gasteiger partial charge in [-0.05, 0) is 41.1 Å². The first-order valence-electron chi connectivity index (χ1n) is 11.3. The molecule has 0 amide bonds. The van der Waals surface area contributed by atoms with Gasteiger partial charge < -0.3 is 13.9 Å².